The predicted octanol–water partition coefficient (Wildman–Crippen LogP) is 2.79. The Balaban J connectivity index is 1.65. The minimum atomic E-state index is -2.96. The van der Waals surface area contributed by atoms with E-state index < -0.39 is 9.84 Å². The van der Waals surface area contributed by atoms with Crippen LogP contribution in [0.25, 0.3) is 0 Å². The maximum absolute atomic E-state index is 11.9. The SMILES string of the molecule is O=S1(=O)CC[C@@H](N(Cc2ccccc2)C(=S)NCCc2ccccc2)C1. The van der Waals surface area contributed by atoms with Gasteiger partial charge >= 0.3 is 0 Å². The summed E-state index contributed by atoms with van der Waals surface area (Å²) in [5, 5.41) is 3.95. The van der Waals surface area contributed by atoms with Gasteiger partial charge in [0.15, 0.2) is 14.9 Å². The van der Waals surface area contributed by atoms with E-state index in [1.807, 2.05) is 53.4 Å². The van der Waals surface area contributed by atoms with Crippen molar-refractivity contribution in [2.45, 2.75) is 25.4 Å². The Kier molecular flexibility index (Phi) is 6.27. The van der Waals surface area contributed by atoms with Gasteiger partial charge in [-0.05, 0) is 36.2 Å². The van der Waals surface area contributed by atoms with Crippen LogP contribution in [0.15, 0.2) is 60.7 Å². The number of sulfone groups is 1. The standard InChI is InChI=1S/C20H24N2O2S2/c23-26(24)14-12-19(16-26)22(15-18-9-5-2-6-10-18)20(25)21-13-11-17-7-3-1-4-8-17/h1-10,19H,11-16H2,(H,21,25)/t19-/m1/s1. The Morgan fingerprint density at radius 3 is 2.23 bits per heavy atom. The van der Waals surface area contributed by atoms with Crippen LogP contribution in [0.2, 0.25) is 0 Å². The number of benzene rings is 2. The summed E-state index contributed by atoms with van der Waals surface area (Å²) in [4.78, 5) is 2.04. The van der Waals surface area contributed by atoms with Gasteiger partial charge in [-0.1, -0.05) is 60.7 Å². The zero-order valence-electron chi connectivity index (χ0n) is 14.7. The molecule has 0 aromatic heterocycles. The van der Waals surface area contributed by atoms with Crippen LogP contribution in [0.3, 0.4) is 0 Å². The van der Waals surface area contributed by atoms with Crippen LogP contribution < -0.4 is 5.32 Å². The highest BCUT2D eigenvalue weighted by atomic mass is 32.2. The summed E-state index contributed by atoms with van der Waals surface area (Å²) in [7, 11) is -2.96. The Bertz CT molecular complexity index is 823. The third-order valence-corrected chi connectivity index (χ3v) is 6.77. The van der Waals surface area contributed by atoms with Crippen molar-refractivity contribution in [1.29, 1.82) is 0 Å². The average molecular weight is 389 g/mol. The van der Waals surface area contributed by atoms with E-state index in [9.17, 15) is 8.42 Å². The van der Waals surface area contributed by atoms with Crippen LogP contribution in [-0.4, -0.2) is 42.5 Å². The third kappa shape index (κ3) is 5.29. The molecule has 26 heavy (non-hydrogen) atoms. The van der Waals surface area contributed by atoms with Gasteiger partial charge in [0, 0.05) is 19.1 Å². The van der Waals surface area contributed by atoms with Crippen LogP contribution in [0.4, 0.5) is 0 Å². The molecule has 0 saturated carbocycles. The second-order valence-electron chi connectivity index (χ2n) is 6.64. The lowest BCUT2D eigenvalue weighted by Gasteiger charge is -2.31. The van der Waals surface area contributed by atoms with Crippen LogP contribution >= 0.6 is 12.2 Å². The minimum Gasteiger partial charge on any atom is -0.362 e. The molecule has 138 valence electrons. The van der Waals surface area contributed by atoms with Crippen molar-refractivity contribution in [2.24, 2.45) is 0 Å². The van der Waals surface area contributed by atoms with Crippen molar-refractivity contribution in [2.75, 3.05) is 18.1 Å². The van der Waals surface area contributed by atoms with Gasteiger partial charge in [-0.15, -0.1) is 0 Å². The van der Waals surface area contributed by atoms with E-state index in [4.69, 9.17) is 12.2 Å². The number of nitrogens with zero attached hydrogens (tertiary/aromatic N) is 1. The molecular weight excluding hydrogens is 364 g/mol. The summed E-state index contributed by atoms with van der Waals surface area (Å²) in [5.41, 5.74) is 2.38. The lowest BCUT2D eigenvalue weighted by Crippen LogP contribution is -2.46. The van der Waals surface area contributed by atoms with E-state index >= 15 is 0 Å². The van der Waals surface area contributed by atoms with E-state index in [0.717, 1.165) is 18.5 Å². The maximum atomic E-state index is 11.9. The summed E-state index contributed by atoms with van der Waals surface area (Å²) < 4.78 is 23.9. The summed E-state index contributed by atoms with van der Waals surface area (Å²) in [5.74, 6) is 0.427. The van der Waals surface area contributed by atoms with E-state index in [1.54, 1.807) is 0 Å². The summed E-state index contributed by atoms with van der Waals surface area (Å²) in [6.07, 6.45) is 1.51. The van der Waals surface area contributed by atoms with E-state index in [2.05, 4.69) is 17.4 Å². The van der Waals surface area contributed by atoms with Gasteiger partial charge in [0.2, 0.25) is 0 Å². The van der Waals surface area contributed by atoms with Crippen molar-refractivity contribution in [3.63, 3.8) is 0 Å². The molecule has 0 spiro atoms. The monoisotopic (exact) mass is 388 g/mol. The molecule has 0 aliphatic carbocycles. The van der Waals surface area contributed by atoms with Crippen LogP contribution in [0.1, 0.15) is 17.5 Å². The minimum absolute atomic E-state index is 0.0584. The Morgan fingerprint density at radius 1 is 1.04 bits per heavy atom. The Morgan fingerprint density at radius 2 is 1.65 bits per heavy atom. The topological polar surface area (TPSA) is 49.4 Å². The molecule has 1 heterocycles. The van der Waals surface area contributed by atoms with Crippen molar-refractivity contribution < 1.29 is 8.42 Å². The number of hydrogen-bond donors (Lipinski definition) is 1. The third-order valence-electron chi connectivity index (χ3n) is 4.64. The Hall–Kier alpha value is -1.92. The second kappa shape index (κ2) is 8.64. The van der Waals surface area contributed by atoms with Crippen molar-refractivity contribution in [3.8, 4) is 0 Å². The first-order valence-electron chi connectivity index (χ1n) is 8.86. The molecule has 3 rings (SSSR count). The van der Waals surface area contributed by atoms with Crippen LogP contribution in [0, 0.1) is 0 Å². The zero-order valence-corrected chi connectivity index (χ0v) is 16.3. The van der Waals surface area contributed by atoms with Crippen LogP contribution in [0.5, 0.6) is 0 Å². The molecule has 6 heteroatoms. The number of thiocarbonyl (C=S) groups is 1. The molecule has 1 aliphatic heterocycles. The molecule has 0 bridgehead atoms. The van der Waals surface area contributed by atoms with Gasteiger partial charge in [0.1, 0.15) is 0 Å². The van der Waals surface area contributed by atoms with Crippen molar-refractivity contribution in [1.82, 2.24) is 10.2 Å². The van der Waals surface area contributed by atoms with Gasteiger partial charge in [0.25, 0.3) is 0 Å². The maximum Gasteiger partial charge on any atom is 0.169 e. The molecule has 2 aromatic rings. The fourth-order valence-corrected chi connectivity index (χ4v) is 5.27. The summed E-state index contributed by atoms with van der Waals surface area (Å²) >= 11 is 5.62. The molecule has 2 aromatic carbocycles. The van der Waals surface area contributed by atoms with E-state index in [1.165, 1.54) is 5.56 Å². The quantitative estimate of drug-likeness (QED) is 0.771. The highest BCUT2D eigenvalue weighted by molar-refractivity contribution is 7.91. The summed E-state index contributed by atoms with van der Waals surface area (Å²) in [6, 6.07) is 20.2. The molecule has 1 fully saturated rings. The predicted molar refractivity (Wildman–Crippen MR) is 110 cm³/mol. The molecule has 0 amide bonds. The lowest BCUT2D eigenvalue weighted by molar-refractivity contribution is 0.323. The lowest BCUT2D eigenvalue weighted by atomic mass is 10.1. The van der Waals surface area contributed by atoms with Crippen molar-refractivity contribution >= 4 is 27.2 Å². The number of nitrogens with one attached hydrogen (secondary N) is 1. The smallest absolute Gasteiger partial charge is 0.169 e. The first kappa shape index (κ1) is 18.9. The van der Waals surface area contributed by atoms with Gasteiger partial charge in [-0.25, -0.2) is 8.42 Å². The molecule has 0 unspecified atom stereocenters. The van der Waals surface area contributed by atoms with Crippen LogP contribution in [-0.2, 0) is 22.8 Å². The molecular formula is C20H24N2O2S2. The fourth-order valence-electron chi connectivity index (χ4n) is 3.23. The van der Waals surface area contributed by atoms with Gasteiger partial charge in [-0.3, -0.25) is 0 Å². The molecule has 1 atom stereocenters. The molecule has 1 saturated heterocycles. The van der Waals surface area contributed by atoms with E-state index in [-0.39, 0.29) is 17.5 Å². The molecule has 1 N–H and O–H groups in total. The summed E-state index contributed by atoms with van der Waals surface area (Å²) in [6.45, 7) is 1.35. The van der Waals surface area contributed by atoms with E-state index in [0.29, 0.717) is 18.1 Å². The van der Waals surface area contributed by atoms with Gasteiger partial charge < -0.3 is 10.2 Å². The molecule has 4 nitrogen and oxygen atoms in total. The fraction of sp³-hybridized carbons (Fsp3) is 0.350. The first-order chi connectivity index (χ1) is 12.5. The highest BCUT2D eigenvalue weighted by Crippen LogP contribution is 2.20. The largest absolute Gasteiger partial charge is 0.362 e. The number of rotatable bonds is 6. The Labute approximate surface area is 161 Å². The molecule has 0 radical (unpaired) electrons. The average Bonchev–Trinajstić information content (AvgIpc) is 3.01. The van der Waals surface area contributed by atoms with Gasteiger partial charge in [-0.2, -0.15) is 0 Å². The normalized spacial score (nSPS) is 18.4. The number of hydrogen-bond acceptors (Lipinski definition) is 3. The second-order valence-corrected chi connectivity index (χ2v) is 9.25. The zero-order chi connectivity index (χ0) is 18.4. The first-order valence-corrected chi connectivity index (χ1v) is 11.1. The van der Waals surface area contributed by atoms with Crippen molar-refractivity contribution in [3.05, 3.63) is 71.8 Å². The highest BCUT2D eigenvalue weighted by Gasteiger charge is 2.33. The van der Waals surface area contributed by atoms with Gasteiger partial charge in [0.05, 0.1) is 11.5 Å². The molecule has 1 aliphatic rings.